The van der Waals surface area contributed by atoms with Gasteiger partial charge in [-0.15, -0.1) is 0 Å². The highest BCUT2D eigenvalue weighted by Crippen LogP contribution is 2.59. The molecule has 1 radical (unpaired) electrons. The van der Waals surface area contributed by atoms with Crippen LogP contribution in [0.4, 0.5) is 39.5 Å². The predicted octanol–water partition coefficient (Wildman–Crippen LogP) is 5.49. The molecule has 147 valence electrons. The van der Waals surface area contributed by atoms with Gasteiger partial charge in [-0.2, -0.15) is 35.1 Å². The molecule has 0 fully saturated rings. The van der Waals surface area contributed by atoms with E-state index in [1.165, 1.54) is 0 Å². The SMILES string of the molecule is Cc1[c]c(C)c(-c2cnccn2)c(C(F)(C(F)(F)F)C(F)(F)C(F)(F)F)c1. The third kappa shape index (κ3) is 3.23. The standard InChI is InChI=1S/C16H10F9N2/c1-8-5-9(2)12(11-7-26-3-4-27-11)10(6-8)13(17,15(20,21)22)14(18,19)16(23,24)25/h3-4,6-7H,1-2H3. The van der Waals surface area contributed by atoms with Crippen molar-refractivity contribution in [3.63, 3.8) is 0 Å². The maximum Gasteiger partial charge on any atom is 0.457 e. The lowest BCUT2D eigenvalue weighted by Gasteiger charge is -2.37. The average Bonchev–Trinajstić information content (AvgIpc) is 2.51. The Hall–Kier alpha value is -2.33. The monoisotopic (exact) mass is 401 g/mol. The van der Waals surface area contributed by atoms with Gasteiger partial charge < -0.3 is 0 Å². The molecule has 0 saturated heterocycles. The molecular formula is C16H10F9N2. The Morgan fingerprint density at radius 2 is 1.44 bits per heavy atom. The summed E-state index contributed by atoms with van der Waals surface area (Å²) in [6.45, 7) is 2.17. The summed E-state index contributed by atoms with van der Waals surface area (Å²) in [5.74, 6) is -6.77. The number of aromatic nitrogens is 2. The van der Waals surface area contributed by atoms with Crippen molar-refractivity contribution in [3.8, 4) is 11.3 Å². The van der Waals surface area contributed by atoms with Crippen molar-refractivity contribution < 1.29 is 39.5 Å². The maximum absolute atomic E-state index is 15.0. The van der Waals surface area contributed by atoms with Crippen LogP contribution in [0.5, 0.6) is 0 Å². The van der Waals surface area contributed by atoms with Crippen molar-refractivity contribution in [2.45, 2.75) is 37.8 Å². The van der Waals surface area contributed by atoms with Gasteiger partial charge in [0.25, 0.3) is 0 Å². The molecule has 1 unspecified atom stereocenters. The van der Waals surface area contributed by atoms with Gasteiger partial charge in [0, 0.05) is 23.5 Å². The van der Waals surface area contributed by atoms with Crippen LogP contribution >= 0.6 is 0 Å². The molecule has 1 heterocycles. The minimum Gasteiger partial charge on any atom is -0.261 e. The van der Waals surface area contributed by atoms with Crippen molar-refractivity contribution in [3.05, 3.63) is 47.4 Å². The average molecular weight is 401 g/mol. The minimum absolute atomic E-state index is 0.254. The Morgan fingerprint density at radius 1 is 0.852 bits per heavy atom. The van der Waals surface area contributed by atoms with Gasteiger partial charge in [0.2, 0.25) is 0 Å². The van der Waals surface area contributed by atoms with E-state index in [-0.39, 0.29) is 17.2 Å². The van der Waals surface area contributed by atoms with Crippen LogP contribution in [0.25, 0.3) is 11.3 Å². The van der Waals surface area contributed by atoms with Crippen LogP contribution in [0, 0.1) is 19.9 Å². The molecular weight excluding hydrogens is 391 g/mol. The molecule has 0 N–H and O–H groups in total. The van der Waals surface area contributed by atoms with Crippen LogP contribution in [0.2, 0.25) is 0 Å². The Balaban J connectivity index is 2.99. The fourth-order valence-electron chi connectivity index (χ4n) is 2.61. The number of alkyl halides is 9. The fourth-order valence-corrected chi connectivity index (χ4v) is 2.61. The summed E-state index contributed by atoms with van der Waals surface area (Å²) in [4.78, 5) is 7.13. The van der Waals surface area contributed by atoms with Crippen molar-refractivity contribution in [2.75, 3.05) is 0 Å². The highest BCUT2D eigenvalue weighted by molar-refractivity contribution is 5.69. The molecule has 1 aromatic carbocycles. The highest BCUT2D eigenvalue weighted by Gasteiger charge is 2.82. The summed E-state index contributed by atoms with van der Waals surface area (Å²) >= 11 is 0. The molecule has 1 aromatic heterocycles. The topological polar surface area (TPSA) is 25.8 Å². The number of hydrogen-bond acceptors (Lipinski definition) is 2. The molecule has 27 heavy (non-hydrogen) atoms. The normalized spacial score (nSPS) is 15.5. The number of rotatable bonds is 3. The van der Waals surface area contributed by atoms with Crippen LogP contribution in [0.15, 0.2) is 24.7 Å². The Kier molecular flexibility index (Phi) is 4.96. The predicted molar refractivity (Wildman–Crippen MR) is 75.6 cm³/mol. The lowest BCUT2D eigenvalue weighted by molar-refractivity contribution is -0.389. The van der Waals surface area contributed by atoms with E-state index in [9.17, 15) is 39.5 Å². The molecule has 0 aliphatic heterocycles. The number of hydrogen-bond donors (Lipinski definition) is 0. The third-order valence-electron chi connectivity index (χ3n) is 3.76. The van der Waals surface area contributed by atoms with Crippen molar-refractivity contribution >= 4 is 0 Å². The minimum atomic E-state index is -6.81. The van der Waals surface area contributed by atoms with E-state index in [1.54, 1.807) is 0 Å². The summed E-state index contributed by atoms with van der Waals surface area (Å²) in [5, 5.41) is 0. The summed E-state index contributed by atoms with van der Waals surface area (Å²) in [7, 11) is 0. The van der Waals surface area contributed by atoms with Gasteiger partial charge in [-0.25, -0.2) is 4.39 Å². The molecule has 11 heteroatoms. The van der Waals surface area contributed by atoms with Crippen LogP contribution in [-0.4, -0.2) is 28.2 Å². The van der Waals surface area contributed by atoms with E-state index in [1.807, 2.05) is 0 Å². The Labute approximate surface area is 147 Å². The molecule has 2 rings (SSSR count). The van der Waals surface area contributed by atoms with Gasteiger partial charge in [0.05, 0.1) is 11.9 Å². The second-order valence-corrected chi connectivity index (χ2v) is 5.69. The Morgan fingerprint density at radius 3 is 1.89 bits per heavy atom. The smallest absolute Gasteiger partial charge is 0.261 e. The van der Waals surface area contributed by atoms with E-state index in [4.69, 9.17) is 0 Å². The van der Waals surface area contributed by atoms with E-state index in [2.05, 4.69) is 16.0 Å². The van der Waals surface area contributed by atoms with Gasteiger partial charge in [-0.05, 0) is 31.0 Å². The van der Waals surface area contributed by atoms with Crippen LogP contribution < -0.4 is 0 Å². The first kappa shape index (κ1) is 21.0. The van der Waals surface area contributed by atoms with Crippen LogP contribution in [-0.2, 0) is 5.67 Å². The van der Waals surface area contributed by atoms with Gasteiger partial charge in [-0.1, -0.05) is 6.07 Å². The molecule has 2 nitrogen and oxygen atoms in total. The number of benzene rings is 1. The van der Waals surface area contributed by atoms with Crippen LogP contribution in [0.1, 0.15) is 16.7 Å². The first-order valence-corrected chi connectivity index (χ1v) is 7.15. The summed E-state index contributed by atoms with van der Waals surface area (Å²) in [6.07, 6.45) is -10.5. The summed E-state index contributed by atoms with van der Waals surface area (Å²) < 4.78 is 121. The zero-order valence-electron chi connectivity index (χ0n) is 13.6. The van der Waals surface area contributed by atoms with E-state index >= 15 is 0 Å². The summed E-state index contributed by atoms with van der Waals surface area (Å²) in [6, 6.07) is 2.72. The lowest BCUT2D eigenvalue weighted by Crippen LogP contribution is -2.60. The van der Waals surface area contributed by atoms with Crippen LogP contribution in [0.3, 0.4) is 0 Å². The number of halogens is 9. The molecule has 0 spiro atoms. The van der Waals surface area contributed by atoms with Gasteiger partial charge in [0.1, 0.15) is 0 Å². The van der Waals surface area contributed by atoms with Gasteiger partial charge >= 0.3 is 23.9 Å². The summed E-state index contributed by atoms with van der Waals surface area (Å²) in [5.41, 5.74) is -9.93. The molecule has 0 bridgehead atoms. The van der Waals surface area contributed by atoms with Gasteiger partial charge in [0.15, 0.2) is 0 Å². The van der Waals surface area contributed by atoms with Crippen molar-refractivity contribution in [1.82, 2.24) is 9.97 Å². The molecule has 1 atom stereocenters. The van der Waals surface area contributed by atoms with Crippen molar-refractivity contribution in [1.29, 1.82) is 0 Å². The molecule has 0 aliphatic rings. The number of aryl methyl sites for hydroxylation is 2. The molecule has 2 aromatic rings. The van der Waals surface area contributed by atoms with Crippen molar-refractivity contribution in [2.24, 2.45) is 0 Å². The lowest BCUT2D eigenvalue weighted by atomic mass is 9.81. The Bertz CT molecular complexity index is 828. The van der Waals surface area contributed by atoms with E-state index in [0.717, 1.165) is 32.4 Å². The molecule has 0 saturated carbocycles. The zero-order valence-corrected chi connectivity index (χ0v) is 13.6. The maximum atomic E-state index is 15.0. The van der Waals surface area contributed by atoms with E-state index in [0.29, 0.717) is 0 Å². The molecule has 0 amide bonds. The first-order valence-electron chi connectivity index (χ1n) is 7.15. The third-order valence-corrected chi connectivity index (χ3v) is 3.76. The quantitative estimate of drug-likeness (QED) is 0.636. The molecule has 0 aliphatic carbocycles. The zero-order chi connectivity index (χ0) is 20.8. The fraction of sp³-hybridized carbons (Fsp3) is 0.375. The second-order valence-electron chi connectivity index (χ2n) is 5.69. The second kappa shape index (κ2) is 6.38. The largest absolute Gasteiger partial charge is 0.457 e. The van der Waals surface area contributed by atoms with E-state index < -0.39 is 40.8 Å². The highest BCUT2D eigenvalue weighted by atomic mass is 19.4. The number of nitrogens with zero attached hydrogens (tertiary/aromatic N) is 2. The first-order chi connectivity index (χ1) is 12.1. The van der Waals surface area contributed by atoms with Gasteiger partial charge in [-0.3, -0.25) is 9.97 Å².